The van der Waals surface area contributed by atoms with Crippen molar-refractivity contribution in [3.05, 3.63) is 64.4 Å². The fraction of sp³-hybridized carbons (Fsp3) is 0.143. The summed E-state index contributed by atoms with van der Waals surface area (Å²) in [6, 6.07) is 14.2. The van der Waals surface area contributed by atoms with Gasteiger partial charge in [-0.25, -0.2) is 4.39 Å². The first-order valence-corrected chi connectivity index (χ1v) is 6.36. The predicted octanol–water partition coefficient (Wildman–Crippen LogP) is 3.67. The molecule has 0 saturated heterocycles. The summed E-state index contributed by atoms with van der Waals surface area (Å²) in [5.41, 5.74) is 6.61. The number of hydrogen-bond donors (Lipinski definition) is 1. The lowest BCUT2D eigenvalue weighted by molar-refractivity contribution is 0.204. The molecule has 18 heavy (non-hydrogen) atoms. The van der Waals surface area contributed by atoms with Crippen LogP contribution >= 0.6 is 15.9 Å². The van der Waals surface area contributed by atoms with Gasteiger partial charge >= 0.3 is 0 Å². The summed E-state index contributed by atoms with van der Waals surface area (Å²) >= 11 is 3.20. The number of ether oxygens (including phenoxy) is 1. The summed E-state index contributed by atoms with van der Waals surface area (Å²) in [5.74, 6) is -0.198. The Morgan fingerprint density at radius 3 is 2.50 bits per heavy atom. The molecule has 2 nitrogen and oxygen atoms in total. The molecule has 0 aliphatic carbocycles. The fourth-order valence-corrected chi connectivity index (χ4v) is 1.98. The van der Waals surface area contributed by atoms with Crippen LogP contribution in [0.3, 0.4) is 0 Å². The first-order chi connectivity index (χ1) is 8.70. The molecule has 1 atom stereocenters. The van der Waals surface area contributed by atoms with Crippen molar-refractivity contribution in [2.45, 2.75) is 6.10 Å². The largest absolute Gasteiger partial charge is 0.481 e. The highest BCUT2D eigenvalue weighted by Crippen LogP contribution is 2.26. The summed E-state index contributed by atoms with van der Waals surface area (Å²) in [6.45, 7) is 0.291. The lowest BCUT2D eigenvalue weighted by Crippen LogP contribution is -2.18. The molecular formula is C14H13BrFNO. The summed E-state index contributed by atoms with van der Waals surface area (Å²) in [7, 11) is 0. The van der Waals surface area contributed by atoms with Crippen molar-refractivity contribution < 1.29 is 9.13 Å². The minimum Gasteiger partial charge on any atom is -0.481 e. The van der Waals surface area contributed by atoms with Crippen molar-refractivity contribution in [1.29, 1.82) is 0 Å². The summed E-state index contributed by atoms with van der Waals surface area (Å²) in [4.78, 5) is 0. The molecule has 0 spiro atoms. The predicted molar refractivity (Wildman–Crippen MR) is 73.0 cm³/mol. The van der Waals surface area contributed by atoms with Gasteiger partial charge in [-0.05, 0) is 23.8 Å². The number of rotatable bonds is 4. The van der Waals surface area contributed by atoms with E-state index >= 15 is 0 Å². The lowest BCUT2D eigenvalue weighted by Gasteiger charge is -2.18. The highest BCUT2D eigenvalue weighted by molar-refractivity contribution is 9.10. The normalized spacial score (nSPS) is 12.2. The third-order valence-corrected chi connectivity index (χ3v) is 3.04. The minimum atomic E-state index is -0.404. The van der Waals surface area contributed by atoms with E-state index in [1.54, 1.807) is 12.1 Å². The quantitative estimate of drug-likeness (QED) is 0.935. The van der Waals surface area contributed by atoms with Crippen LogP contribution in [-0.4, -0.2) is 6.54 Å². The highest BCUT2D eigenvalue weighted by Gasteiger charge is 2.13. The molecule has 0 bridgehead atoms. The van der Waals surface area contributed by atoms with E-state index in [-0.39, 0.29) is 11.9 Å². The molecule has 0 aliphatic rings. The molecule has 0 saturated carbocycles. The van der Waals surface area contributed by atoms with Crippen LogP contribution in [0.15, 0.2) is 53.0 Å². The molecule has 0 radical (unpaired) electrons. The Morgan fingerprint density at radius 2 is 1.89 bits per heavy atom. The van der Waals surface area contributed by atoms with Gasteiger partial charge in [0, 0.05) is 11.0 Å². The van der Waals surface area contributed by atoms with Crippen LogP contribution in [0.1, 0.15) is 11.7 Å². The summed E-state index contributed by atoms with van der Waals surface area (Å²) < 4.78 is 20.0. The number of halogens is 2. The van der Waals surface area contributed by atoms with E-state index in [0.717, 1.165) is 5.56 Å². The van der Waals surface area contributed by atoms with Crippen LogP contribution < -0.4 is 10.5 Å². The Balaban J connectivity index is 2.21. The Labute approximate surface area is 114 Å². The first-order valence-electron chi connectivity index (χ1n) is 5.57. The average molecular weight is 310 g/mol. The second-order valence-corrected chi connectivity index (χ2v) is 4.74. The van der Waals surface area contributed by atoms with Gasteiger partial charge in [-0.3, -0.25) is 0 Å². The Bertz CT molecular complexity index is 518. The van der Waals surface area contributed by atoms with Gasteiger partial charge in [-0.1, -0.05) is 46.3 Å². The van der Waals surface area contributed by atoms with Gasteiger partial charge in [0.1, 0.15) is 6.10 Å². The van der Waals surface area contributed by atoms with Gasteiger partial charge in [-0.2, -0.15) is 0 Å². The molecular weight excluding hydrogens is 297 g/mol. The molecule has 0 amide bonds. The van der Waals surface area contributed by atoms with E-state index in [4.69, 9.17) is 10.5 Å². The van der Waals surface area contributed by atoms with Crippen LogP contribution in [0, 0.1) is 5.82 Å². The van der Waals surface area contributed by atoms with Gasteiger partial charge < -0.3 is 10.5 Å². The van der Waals surface area contributed by atoms with Gasteiger partial charge in [0.15, 0.2) is 11.6 Å². The topological polar surface area (TPSA) is 35.2 Å². The van der Waals surface area contributed by atoms with Crippen LogP contribution in [-0.2, 0) is 0 Å². The zero-order chi connectivity index (χ0) is 13.0. The minimum absolute atomic E-state index is 0.206. The average Bonchev–Trinajstić information content (AvgIpc) is 2.39. The number of hydrogen-bond acceptors (Lipinski definition) is 2. The van der Waals surface area contributed by atoms with Crippen molar-refractivity contribution in [3.8, 4) is 5.75 Å². The summed E-state index contributed by atoms with van der Waals surface area (Å²) in [6.07, 6.45) is -0.345. The highest BCUT2D eigenvalue weighted by atomic mass is 79.9. The van der Waals surface area contributed by atoms with E-state index in [1.165, 1.54) is 6.07 Å². The van der Waals surface area contributed by atoms with Crippen molar-refractivity contribution in [3.63, 3.8) is 0 Å². The maximum Gasteiger partial charge on any atom is 0.166 e. The molecule has 1 unspecified atom stereocenters. The smallest absolute Gasteiger partial charge is 0.166 e. The standard InChI is InChI=1S/C14H13BrFNO/c15-11-6-7-13(12(16)8-11)18-14(9-17)10-4-2-1-3-5-10/h1-8,14H,9,17H2. The van der Waals surface area contributed by atoms with Gasteiger partial charge in [0.25, 0.3) is 0 Å². The number of benzene rings is 2. The van der Waals surface area contributed by atoms with Gasteiger partial charge in [0.05, 0.1) is 0 Å². The molecule has 2 aromatic carbocycles. The lowest BCUT2D eigenvalue weighted by atomic mass is 10.1. The maximum absolute atomic E-state index is 13.7. The molecule has 0 aliphatic heterocycles. The van der Waals surface area contributed by atoms with E-state index < -0.39 is 5.82 Å². The van der Waals surface area contributed by atoms with E-state index in [9.17, 15) is 4.39 Å². The Kier molecular flexibility index (Phi) is 4.33. The van der Waals surface area contributed by atoms with Gasteiger partial charge in [0.2, 0.25) is 0 Å². The van der Waals surface area contributed by atoms with Crippen LogP contribution in [0.25, 0.3) is 0 Å². The molecule has 0 fully saturated rings. The molecule has 94 valence electrons. The maximum atomic E-state index is 13.7. The summed E-state index contributed by atoms with van der Waals surface area (Å²) in [5, 5.41) is 0. The third-order valence-electron chi connectivity index (χ3n) is 2.55. The second-order valence-electron chi connectivity index (χ2n) is 3.83. The number of nitrogens with two attached hydrogens (primary N) is 1. The Morgan fingerprint density at radius 1 is 1.17 bits per heavy atom. The molecule has 2 aromatic rings. The zero-order valence-electron chi connectivity index (χ0n) is 9.64. The van der Waals surface area contributed by atoms with Crippen LogP contribution in [0.2, 0.25) is 0 Å². The fourth-order valence-electron chi connectivity index (χ4n) is 1.64. The molecule has 0 heterocycles. The van der Waals surface area contributed by atoms with E-state index in [1.807, 2.05) is 30.3 Å². The van der Waals surface area contributed by atoms with Gasteiger partial charge in [-0.15, -0.1) is 0 Å². The van der Waals surface area contributed by atoms with E-state index in [0.29, 0.717) is 11.0 Å². The zero-order valence-corrected chi connectivity index (χ0v) is 11.2. The molecule has 0 aromatic heterocycles. The second kappa shape index (κ2) is 5.98. The van der Waals surface area contributed by atoms with Crippen molar-refractivity contribution in [2.24, 2.45) is 5.73 Å². The monoisotopic (exact) mass is 309 g/mol. The van der Waals surface area contributed by atoms with E-state index in [2.05, 4.69) is 15.9 Å². The van der Waals surface area contributed by atoms with Crippen molar-refractivity contribution in [2.75, 3.05) is 6.54 Å². The van der Waals surface area contributed by atoms with Crippen molar-refractivity contribution >= 4 is 15.9 Å². The third kappa shape index (κ3) is 3.09. The Hall–Kier alpha value is -1.39. The van der Waals surface area contributed by atoms with Crippen LogP contribution in [0.4, 0.5) is 4.39 Å². The molecule has 4 heteroatoms. The molecule has 2 rings (SSSR count). The van der Waals surface area contributed by atoms with Crippen LogP contribution in [0.5, 0.6) is 5.75 Å². The molecule has 2 N–H and O–H groups in total. The first kappa shape index (κ1) is 13.1. The van der Waals surface area contributed by atoms with Crippen molar-refractivity contribution in [1.82, 2.24) is 0 Å². The SMILES string of the molecule is NCC(Oc1ccc(Br)cc1F)c1ccccc1.